The maximum absolute atomic E-state index is 12.5. The number of sulfonamides is 1. The van der Waals surface area contributed by atoms with Crippen molar-refractivity contribution in [3.63, 3.8) is 0 Å². The summed E-state index contributed by atoms with van der Waals surface area (Å²) < 4.78 is 62.2. The number of carbonyl (C=O) groups is 2. The van der Waals surface area contributed by atoms with Gasteiger partial charge >= 0.3 is 6.18 Å². The summed E-state index contributed by atoms with van der Waals surface area (Å²) in [7, 11) is -2.50. The van der Waals surface area contributed by atoms with Crippen molar-refractivity contribution < 1.29 is 31.2 Å². The highest BCUT2D eigenvalue weighted by Gasteiger charge is 2.28. The minimum absolute atomic E-state index is 0.0747. The van der Waals surface area contributed by atoms with Gasteiger partial charge in [-0.2, -0.15) is 17.5 Å². The third-order valence-electron chi connectivity index (χ3n) is 3.48. The number of halogens is 4. The maximum Gasteiger partial charge on any atom is 0.405 e. The van der Waals surface area contributed by atoms with Crippen LogP contribution in [0, 0.1) is 0 Å². The van der Waals surface area contributed by atoms with Crippen LogP contribution in [0.1, 0.15) is 24.2 Å². The Morgan fingerprint density at radius 3 is 2.33 bits per heavy atom. The summed E-state index contributed by atoms with van der Waals surface area (Å²) >= 11 is 5.90. The molecular formula is C15H19ClF3N3O4S. The number of hydrogen-bond donors (Lipinski definition) is 2. The van der Waals surface area contributed by atoms with Crippen LogP contribution in [0.2, 0.25) is 5.02 Å². The SMILES string of the molecule is CC(C)N(C)S(=O)(=O)c1ccc(Cl)c(C(=O)NCC(=O)NCC(F)(F)F)c1. The smallest absolute Gasteiger partial charge is 0.345 e. The van der Waals surface area contributed by atoms with Crippen LogP contribution < -0.4 is 10.6 Å². The molecule has 0 saturated heterocycles. The molecule has 0 heterocycles. The summed E-state index contributed by atoms with van der Waals surface area (Å²) in [6.07, 6.45) is -4.58. The molecule has 0 saturated carbocycles. The average molecular weight is 430 g/mol. The van der Waals surface area contributed by atoms with Crippen LogP contribution in [-0.2, 0) is 14.8 Å². The van der Waals surface area contributed by atoms with E-state index in [1.165, 1.54) is 19.2 Å². The van der Waals surface area contributed by atoms with Crippen molar-refractivity contribution >= 4 is 33.4 Å². The molecule has 0 radical (unpaired) electrons. The van der Waals surface area contributed by atoms with Gasteiger partial charge in [0.1, 0.15) is 6.54 Å². The van der Waals surface area contributed by atoms with Crippen LogP contribution in [0.3, 0.4) is 0 Å². The van der Waals surface area contributed by atoms with Gasteiger partial charge in [0.25, 0.3) is 5.91 Å². The number of nitrogens with one attached hydrogen (secondary N) is 2. The molecule has 0 aliphatic carbocycles. The molecule has 7 nitrogen and oxygen atoms in total. The Kier molecular flexibility index (Phi) is 7.64. The Balaban J connectivity index is 2.91. The second-order valence-electron chi connectivity index (χ2n) is 5.83. The first-order chi connectivity index (χ1) is 12.3. The molecule has 0 unspecified atom stereocenters. The highest BCUT2D eigenvalue weighted by molar-refractivity contribution is 7.89. The van der Waals surface area contributed by atoms with Crippen molar-refractivity contribution in [2.24, 2.45) is 0 Å². The molecule has 0 aliphatic rings. The Morgan fingerprint density at radius 1 is 1.22 bits per heavy atom. The number of carbonyl (C=O) groups excluding carboxylic acids is 2. The maximum atomic E-state index is 12.5. The van der Waals surface area contributed by atoms with Gasteiger partial charge in [-0.1, -0.05) is 11.6 Å². The van der Waals surface area contributed by atoms with Gasteiger partial charge < -0.3 is 10.6 Å². The van der Waals surface area contributed by atoms with Crippen molar-refractivity contribution in [2.75, 3.05) is 20.1 Å². The van der Waals surface area contributed by atoms with E-state index in [2.05, 4.69) is 5.32 Å². The minimum Gasteiger partial charge on any atom is -0.345 e. The van der Waals surface area contributed by atoms with Gasteiger partial charge in [0.05, 0.1) is 22.0 Å². The van der Waals surface area contributed by atoms with Gasteiger partial charge in [-0.15, -0.1) is 0 Å². The van der Waals surface area contributed by atoms with Gasteiger partial charge in [-0.3, -0.25) is 9.59 Å². The second kappa shape index (κ2) is 8.89. The normalized spacial score (nSPS) is 12.3. The van der Waals surface area contributed by atoms with Gasteiger partial charge in [-0.25, -0.2) is 8.42 Å². The van der Waals surface area contributed by atoms with E-state index in [1.54, 1.807) is 19.2 Å². The number of amides is 2. The Bertz CT molecular complexity index is 813. The first-order valence-corrected chi connectivity index (χ1v) is 9.46. The standard InChI is InChI=1S/C15H19ClF3N3O4S/c1-9(2)22(3)27(25,26)10-4-5-12(16)11(6-10)14(24)20-7-13(23)21-8-15(17,18)19/h4-6,9H,7-8H2,1-3H3,(H,20,24)(H,21,23). The molecule has 0 fully saturated rings. The van der Waals surface area contributed by atoms with Crippen molar-refractivity contribution in [3.8, 4) is 0 Å². The molecule has 0 atom stereocenters. The number of nitrogens with zero attached hydrogens (tertiary/aromatic N) is 1. The van der Waals surface area contributed by atoms with E-state index in [0.29, 0.717) is 0 Å². The lowest BCUT2D eigenvalue weighted by Crippen LogP contribution is -2.41. The van der Waals surface area contributed by atoms with Crippen LogP contribution in [0.5, 0.6) is 0 Å². The van der Waals surface area contributed by atoms with Crippen LogP contribution in [0.4, 0.5) is 13.2 Å². The minimum atomic E-state index is -4.58. The first-order valence-electron chi connectivity index (χ1n) is 7.65. The summed E-state index contributed by atoms with van der Waals surface area (Å²) in [4.78, 5) is 23.3. The molecule has 152 valence electrons. The number of benzene rings is 1. The molecule has 12 heteroatoms. The highest BCUT2D eigenvalue weighted by atomic mass is 35.5. The number of hydrogen-bond acceptors (Lipinski definition) is 4. The molecular weight excluding hydrogens is 411 g/mol. The van der Waals surface area contributed by atoms with E-state index in [0.717, 1.165) is 10.4 Å². The topological polar surface area (TPSA) is 95.6 Å². The molecule has 0 aliphatic heterocycles. The predicted molar refractivity (Wildman–Crippen MR) is 92.9 cm³/mol. The van der Waals surface area contributed by atoms with Crippen molar-refractivity contribution in [2.45, 2.75) is 31.0 Å². The molecule has 2 amide bonds. The molecule has 1 aromatic carbocycles. The summed E-state index contributed by atoms with van der Waals surface area (Å²) in [5.74, 6) is -1.95. The van der Waals surface area contributed by atoms with Crippen LogP contribution in [0.15, 0.2) is 23.1 Å². The second-order valence-corrected chi connectivity index (χ2v) is 8.24. The Labute approximate surface area is 159 Å². The lowest BCUT2D eigenvalue weighted by Gasteiger charge is -2.21. The van der Waals surface area contributed by atoms with Crippen molar-refractivity contribution in [1.29, 1.82) is 0 Å². The summed E-state index contributed by atoms with van der Waals surface area (Å²) in [6, 6.07) is 3.14. The number of rotatable bonds is 7. The van der Waals surface area contributed by atoms with E-state index in [9.17, 15) is 31.2 Å². The zero-order valence-corrected chi connectivity index (χ0v) is 16.3. The van der Waals surface area contributed by atoms with Crippen LogP contribution in [0.25, 0.3) is 0 Å². The highest BCUT2D eigenvalue weighted by Crippen LogP contribution is 2.23. The largest absolute Gasteiger partial charge is 0.405 e. The van der Waals surface area contributed by atoms with Gasteiger partial charge in [0.2, 0.25) is 15.9 Å². The molecule has 0 bridgehead atoms. The van der Waals surface area contributed by atoms with E-state index in [-0.39, 0.29) is 21.5 Å². The van der Waals surface area contributed by atoms with Gasteiger partial charge in [0.15, 0.2) is 0 Å². The fourth-order valence-corrected chi connectivity index (χ4v) is 3.40. The third kappa shape index (κ3) is 6.67. The van der Waals surface area contributed by atoms with E-state index in [1.807, 2.05) is 0 Å². The van der Waals surface area contributed by atoms with Crippen molar-refractivity contribution in [1.82, 2.24) is 14.9 Å². The summed E-state index contributed by atoms with van der Waals surface area (Å²) in [6.45, 7) is 1.08. The molecule has 1 rings (SSSR count). The zero-order valence-electron chi connectivity index (χ0n) is 14.7. The molecule has 27 heavy (non-hydrogen) atoms. The predicted octanol–water partition coefficient (Wildman–Crippen LogP) is 1.78. The van der Waals surface area contributed by atoms with Crippen molar-refractivity contribution in [3.05, 3.63) is 28.8 Å². The lowest BCUT2D eigenvalue weighted by atomic mass is 10.2. The molecule has 0 spiro atoms. The monoisotopic (exact) mass is 429 g/mol. The van der Waals surface area contributed by atoms with E-state index in [4.69, 9.17) is 11.6 Å². The van der Waals surface area contributed by atoms with E-state index >= 15 is 0 Å². The van der Waals surface area contributed by atoms with Gasteiger partial charge in [-0.05, 0) is 32.0 Å². The lowest BCUT2D eigenvalue weighted by molar-refractivity contribution is -0.137. The van der Waals surface area contributed by atoms with Crippen LogP contribution >= 0.6 is 11.6 Å². The summed E-state index contributed by atoms with van der Waals surface area (Å²) in [5, 5.41) is 3.61. The number of alkyl halides is 3. The molecule has 0 aromatic heterocycles. The Hall–Kier alpha value is -1.85. The quantitative estimate of drug-likeness (QED) is 0.690. The summed E-state index contributed by atoms with van der Waals surface area (Å²) in [5.41, 5.74) is -0.224. The molecule has 1 aromatic rings. The fourth-order valence-electron chi connectivity index (χ4n) is 1.80. The Morgan fingerprint density at radius 2 is 1.81 bits per heavy atom. The first kappa shape index (κ1) is 23.2. The van der Waals surface area contributed by atoms with E-state index < -0.39 is 41.1 Å². The fraction of sp³-hybridized carbons (Fsp3) is 0.467. The average Bonchev–Trinajstić information content (AvgIpc) is 2.56. The third-order valence-corrected chi connectivity index (χ3v) is 5.84. The van der Waals surface area contributed by atoms with Crippen LogP contribution in [-0.4, -0.2) is 56.9 Å². The zero-order chi connectivity index (χ0) is 21.0. The molecule has 2 N–H and O–H groups in total. The van der Waals surface area contributed by atoms with Gasteiger partial charge in [0, 0.05) is 13.1 Å².